The second kappa shape index (κ2) is 6.00. The van der Waals surface area contributed by atoms with Gasteiger partial charge in [-0.1, -0.05) is 6.07 Å². The molecule has 0 aliphatic rings. The van der Waals surface area contributed by atoms with Gasteiger partial charge in [-0.3, -0.25) is 0 Å². The van der Waals surface area contributed by atoms with Crippen LogP contribution in [0.2, 0.25) is 0 Å². The molecule has 19 heavy (non-hydrogen) atoms. The lowest BCUT2D eigenvalue weighted by atomic mass is 10.2. The van der Waals surface area contributed by atoms with Crippen LogP contribution < -0.4 is 14.2 Å². The second-order valence-corrected chi connectivity index (χ2v) is 3.97. The average molecular weight is 260 g/mol. The third kappa shape index (κ3) is 3.31. The van der Waals surface area contributed by atoms with Gasteiger partial charge in [-0.25, -0.2) is 0 Å². The van der Waals surface area contributed by atoms with E-state index >= 15 is 0 Å². The van der Waals surface area contributed by atoms with Gasteiger partial charge in [0.15, 0.2) is 11.5 Å². The van der Waals surface area contributed by atoms with E-state index in [1.54, 1.807) is 38.5 Å². The Balaban J connectivity index is 2.05. The molecule has 2 aromatic carbocycles. The summed E-state index contributed by atoms with van der Waals surface area (Å²) < 4.78 is 16.0. The lowest BCUT2D eigenvalue weighted by Crippen LogP contribution is -1.97. The van der Waals surface area contributed by atoms with Crippen LogP contribution in [0.15, 0.2) is 42.5 Å². The van der Waals surface area contributed by atoms with Crippen molar-refractivity contribution in [1.82, 2.24) is 0 Å². The maximum Gasteiger partial charge on any atom is 0.161 e. The van der Waals surface area contributed by atoms with Crippen molar-refractivity contribution in [2.45, 2.75) is 6.61 Å². The molecular formula is C15H16O4. The molecule has 0 fully saturated rings. The van der Waals surface area contributed by atoms with Crippen molar-refractivity contribution in [3.05, 3.63) is 48.0 Å². The molecule has 1 N–H and O–H groups in total. The monoisotopic (exact) mass is 260 g/mol. The Morgan fingerprint density at radius 2 is 1.58 bits per heavy atom. The van der Waals surface area contributed by atoms with Gasteiger partial charge in [-0.2, -0.15) is 0 Å². The predicted octanol–water partition coefficient (Wildman–Crippen LogP) is 2.99. The molecule has 0 radical (unpaired) electrons. The second-order valence-electron chi connectivity index (χ2n) is 3.97. The van der Waals surface area contributed by atoms with Crippen LogP contribution in [0.25, 0.3) is 0 Å². The van der Waals surface area contributed by atoms with E-state index in [2.05, 4.69) is 0 Å². The van der Waals surface area contributed by atoms with E-state index in [0.717, 1.165) is 5.56 Å². The average Bonchev–Trinajstić information content (AvgIpc) is 2.46. The minimum absolute atomic E-state index is 0.221. The highest BCUT2D eigenvalue weighted by molar-refractivity contribution is 5.42. The van der Waals surface area contributed by atoms with E-state index in [-0.39, 0.29) is 5.75 Å². The fourth-order valence-corrected chi connectivity index (χ4v) is 1.68. The highest BCUT2D eigenvalue weighted by atomic mass is 16.5. The molecule has 4 nitrogen and oxygen atoms in total. The van der Waals surface area contributed by atoms with Crippen LogP contribution in [0.4, 0.5) is 0 Å². The molecule has 0 unspecified atom stereocenters. The van der Waals surface area contributed by atoms with Crippen LogP contribution >= 0.6 is 0 Å². The standard InChI is InChI=1S/C15H16O4/c1-17-14-8-3-11(9-15(14)18-2)10-19-13-6-4-12(16)5-7-13/h3-9,16H,10H2,1-2H3. The predicted molar refractivity (Wildman–Crippen MR) is 72.0 cm³/mol. The minimum Gasteiger partial charge on any atom is -0.508 e. The lowest BCUT2D eigenvalue weighted by Gasteiger charge is -2.10. The third-order valence-corrected chi connectivity index (χ3v) is 2.69. The topological polar surface area (TPSA) is 47.9 Å². The molecule has 0 aliphatic heterocycles. The van der Waals surface area contributed by atoms with Gasteiger partial charge in [-0.05, 0) is 42.0 Å². The summed E-state index contributed by atoms with van der Waals surface area (Å²) in [6.45, 7) is 0.422. The Kier molecular flexibility index (Phi) is 4.13. The Morgan fingerprint density at radius 1 is 0.895 bits per heavy atom. The van der Waals surface area contributed by atoms with Crippen molar-refractivity contribution in [3.8, 4) is 23.0 Å². The van der Waals surface area contributed by atoms with Crippen LogP contribution in [0.3, 0.4) is 0 Å². The molecule has 2 aromatic rings. The summed E-state index contributed by atoms with van der Waals surface area (Å²) in [7, 11) is 3.20. The van der Waals surface area contributed by atoms with Gasteiger partial charge in [0, 0.05) is 0 Å². The zero-order valence-corrected chi connectivity index (χ0v) is 10.9. The Labute approximate surface area is 112 Å². The van der Waals surface area contributed by atoms with E-state index in [1.807, 2.05) is 18.2 Å². The van der Waals surface area contributed by atoms with Gasteiger partial charge >= 0.3 is 0 Å². The molecule has 4 heteroatoms. The van der Waals surface area contributed by atoms with Crippen molar-refractivity contribution in [2.75, 3.05) is 14.2 Å². The van der Waals surface area contributed by atoms with Crippen molar-refractivity contribution >= 4 is 0 Å². The molecule has 0 amide bonds. The van der Waals surface area contributed by atoms with Crippen molar-refractivity contribution < 1.29 is 19.3 Å². The number of rotatable bonds is 5. The number of aromatic hydroxyl groups is 1. The van der Waals surface area contributed by atoms with Crippen LogP contribution in [0.5, 0.6) is 23.0 Å². The number of benzene rings is 2. The normalized spacial score (nSPS) is 10.0. The maximum atomic E-state index is 9.18. The first-order valence-electron chi connectivity index (χ1n) is 5.85. The summed E-state index contributed by atoms with van der Waals surface area (Å²) in [6.07, 6.45) is 0. The van der Waals surface area contributed by atoms with Gasteiger partial charge in [0.1, 0.15) is 18.1 Å². The molecule has 0 aliphatic carbocycles. The number of methoxy groups -OCH3 is 2. The highest BCUT2D eigenvalue weighted by Gasteiger charge is 2.05. The SMILES string of the molecule is COc1ccc(COc2ccc(O)cc2)cc1OC. The number of hydrogen-bond acceptors (Lipinski definition) is 4. The molecule has 0 atom stereocenters. The molecule has 0 saturated heterocycles. The van der Waals surface area contributed by atoms with E-state index in [0.29, 0.717) is 23.9 Å². The van der Waals surface area contributed by atoms with Crippen molar-refractivity contribution in [2.24, 2.45) is 0 Å². The first-order chi connectivity index (χ1) is 9.22. The van der Waals surface area contributed by atoms with E-state index in [9.17, 15) is 5.11 Å². The Bertz CT molecular complexity index is 534. The summed E-state index contributed by atoms with van der Waals surface area (Å²) in [5.74, 6) is 2.29. The number of phenolic OH excluding ortho intramolecular Hbond substituents is 1. The van der Waals surface area contributed by atoms with Gasteiger partial charge < -0.3 is 19.3 Å². The van der Waals surface area contributed by atoms with Gasteiger partial charge in [0.25, 0.3) is 0 Å². The zero-order valence-electron chi connectivity index (χ0n) is 10.9. The fourth-order valence-electron chi connectivity index (χ4n) is 1.68. The number of phenols is 1. The van der Waals surface area contributed by atoms with Crippen molar-refractivity contribution in [3.63, 3.8) is 0 Å². The lowest BCUT2D eigenvalue weighted by molar-refractivity contribution is 0.303. The molecule has 2 rings (SSSR count). The summed E-state index contributed by atoms with van der Waals surface area (Å²) >= 11 is 0. The Hall–Kier alpha value is -2.36. The Morgan fingerprint density at radius 3 is 2.21 bits per heavy atom. The van der Waals surface area contributed by atoms with Crippen molar-refractivity contribution in [1.29, 1.82) is 0 Å². The maximum absolute atomic E-state index is 9.18. The number of ether oxygens (including phenoxy) is 3. The first kappa shape index (κ1) is 13.1. The summed E-state index contributed by atoms with van der Waals surface area (Å²) in [5.41, 5.74) is 0.978. The highest BCUT2D eigenvalue weighted by Crippen LogP contribution is 2.28. The van der Waals surface area contributed by atoms with Crippen LogP contribution in [0, 0.1) is 0 Å². The molecule has 0 saturated carbocycles. The summed E-state index contributed by atoms with van der Waals surface area (Å²) in [6, 6.07) is 12.2. The smallest absolute Gasteiger partial charge is 0.161 e. The van der Waals surface area contributed by atoms with Crippen LogP contribution in [-0.4, -0.2) is 19.3 Å². The molecule has 0 bridgehead atoms. The molecule has 0 heterocycles. The third-order valence-electron chi connectivity index (χ3n) is 2.69. The van der Waals surface area contributed by atoms with Crippen LogP contribution in [-0.2, 0) is 6.61 Å². The fraction of sp³-hybridized carbons (Fsp3) is 0.200. The summed E-state index contributed by atoms with van der Waals surface area (Å²) in [5, 5.41) is 9.18. The molecule has 100 valence electrons. The van der Waals surface area contributed by atoms with E-state index in [1.165, 1.54) is 0 Å². The number of hydrogen-bond donors (Lipinski definition) is 1. The van der Waals surface area contributed by atoms with Gasteiger partial charge in [0.05, 0.1) is 14.2 Å². The van der Waals surface area contributed by atoms with Crippen LogP contribution in [0.1, 0.15) is 5.56 Å². The molecule has 0 aromatic heterocycles. The quantitative estimate of drug-likeness (QED) is 0.897. The first-order valence-corrected chi connectivity index (χ1v) is 5.85. The molecule has 0 spiro atoms. The van der Waals surface area contributed by atoms with E-state index < -0.39 is 0 Å². The largest absolute Gasteiger partial charge is 0.508 e. The van der Waals surface area contributed by atoms with Gasteiger partial charge in [0.2, 0.25) is 0 Å². The summed E-state index contributed by atoms with van der Waals surface area (Å²) in [4.78, 5) is 0. The van der Waals surface area contributed by atoms with E-state index in [4.69, 9.17) is 14.2 Å². The van der Waals surface area contributed by atoms with Gasteiger partial charge in [-0.15, -0.1) is 0 Å². The zero-order chi connectivity index (χ0) is 13.7. The molecular weight excluding hydrogens is 244 g/mol. The minimum atomic E-state index is 0.221.